The lowest BCUT2D eigenvalue weighted by molar-refractivity contribution is -0.133. The van der Waals surface area contributed by atoms with Crippen LogP contribution in [0.3, 0.4) is 0 Å². The molecule has 0 spiro atoms. The van der Waals surface area contributed by atoms with Gasteiger partial charge in [-0.05, 0) is 37.5 Å². The standard InChI is InChI=1S/C21H27N5O3/c27-20-13-28-17(11-22-20)12-25-6-8-26(9-7-25)15-4-5-19-18(10-15)21(24-14-23-19)29-16-2-1-3-16/h4-5,10,14,16-17H,1-3,6-9,11-13H2,(H,22,27). The van der Waals surface area contributed by atoms with E-state index in [1.165, 1.54) is 12.1 Å². The Morgan fingerprint density at radius 2 is 2.03 bits per heavy atom. The largest absolute Gasteiger partial charge is 0.474 e. The smallest absolute Gasteiger partial charge is 0.246 e. The number of benzene rings is 1. The molecule has 3 fully saturated rings. The molecule has 8 nitrogen and oxygen atoms in total. The van der Waals surface area contributed by atoms with Crippen molar-refractivity contribution < 1.29 is 14.3 Å². The van der Waals surface area contributed by atoms with Crippen LogP contribution in [-0.2, 0) is 9.53 Å². The van der Waals surface area contributed by atoms with Gasteiger partial charge in [0.2, 0.25) is 11.8 Å². The Labute approximate surface area is 170 Å². The highest BCUT2D eigenvalue weighted by Crippen LogP contribution is 2.31. The highest BCUT2D eigenvalue weighted by molar-refractivity contribution is 5.86. The minimum absolute atomic E-state index is 0.0213. The number of nitrogens with one attached hydrogen (secondary N) is 1. The van der Waals surface area contributed by atoms with Gasteiger partial charge >= 0.3 is 0 Å². The average molecular weight is 397 g/mol. The molecule has 1 aromatic heterocycles. The summed E-state index contributed by atoms with van der Waals surface area (Å²) in [7, 11) is 0. The van der Waals surface area contributed by atoms with Crippen molar-refractivity contribution in [2.45, 2.75) is 31.5 Å². The molecule has 2 saturated heterocycles. The molecule has 154 valence electrons. The highest BCUT2D eigenvalue weighted by atomic mass is 16.5. The molecule has 1 unspecified atom stereocenters. The lowest BCUT2D eigenvalue weighted by Gasteiger charge is -2.38. The van der Waals surface area contributed by atoms with Gasteiger partial charge in [0.05, 0.1) is 17.0 Å². The number of carbonyl (C=O) groups is 1. The Kier molecular flexibility index (Phi) is 5.20. The Morgan fingerprint density at radius 3 is 2.76 bits per heavy atom. The fourth-order valence-electron chi connectivity index (χ4n) is 4.08. The van der Waals surface area contributed by atoms with Gasteiger partial charge in [0, 0.05) is 45.0 Å². The third kappa shape index (κ3) is 4.13. The van der Waals surface area contributed by atoms with Crippen LogP contribution in [0.2, 0.25) is 0 Å². The van der Waals surface area contributed by atoms with Gasteiger partial charge in [-0.2, -0.15) is 0 Å². The van der Waals surface area contributed by atoms with Crippen molar-refractivity contribution in [2.75, 3.05) is 50.8 Å². The van der Waals surface area contributed by atoms with Crippen molar-refractivity contribution in [1.82, 2.24) is 20.2 Å². The van der Waals surface area contributed by atoms with Crippen LogP contribution in [0.1, 0.15) is 19.3 Å². The van der Waals surface area contributed by atoms with Gasteiger partial charge in [0.1, 0.15) is 19.0 Å². The zero-order chi connectivity index (χ0) is 19.6. The molecule has 1 saturated carbocycles. The Balaban J connectivity index is 1.23. The molecule has 29 heavy (non-hydrogen) atoms. The van der Waals surface area contributed by atoms with Crippen LogP contribution in [0.5, 0.6) is 5.88 Å². The minimum atomic E-state index is -0.0213. The predicted octanol–water partition coefficient (Wildman–Crippen LogP) is 1.20. The number of morpholine rings is 1. The number of rotatable bonds is 5. The summed E-state index contributed by atoms with van der Waals surface area (Å²) in [6.45, 7) is 5.50. The number of hydrogen-bond acceptors (Lipinski definition) is 7. The fourth-order valence-corrected chi connectivity index (χ4v) is 4.08. The van der Waals surface area contributed by atoms with E-state index in [4.69, 9.17) is 9.47 Å². The molecule has 1 atom stereocenters. The maximum Gasteiger partial charge on any atom is 0.246 e. The average Bonchev–Trinajstić information content (AvgIpc) is 2.73. The third-order valence-electron chi connectivity index (χ3n) is 6.09. The predicted molar refractivity (Wildman–Crippen MR) is 109 cm³/mol. The zero-order valence-corrected chi connectivity index (χ0v) is 16.5. The quantitative estimate of drug-likeness (QED) is 0.812. The Hall–Kier alpha value is -2.45. The number of carbonyl (C=O) groups excluding carboxylic acids is 1. The highest BCUT2D eigenvalue weighted by Gasteiger charge is 2.25. The molecule has 8 heteroatoms. The Bertz CT molecular complexity index is 870. The number of hydrogen-bond donors (Lipinski definition) is 1. The lowest BCUT2D eigenvalue weighted by Crippen LogP contribution is -2.52. The summed E-state index contributed by atoms with van der Waals surface area (Å²) in [5.41, 5.74) is 2.11. The van der Waals surface area contributed by atoms with Crippen LogP contribution in [-0.4, -0.2) is 78.9 Å². The lowest BCUT2D eigenvalue weighted by atomic mass is 9.96. The van der Waals surface area contributed by atoms with Crippen molar-refractivity contribution in [3.8, 4) is 5.88 Å². The first-order chi connectivity index (χ1) is 14.2. The molecule has 3 aliphatic rings. The van der Waals surface area contributed by atoms with E-state index in [0.29, 0.717) is 18.5 Å². The topological polar surface area (TPSA) is 79.8 Å². The number of anilines is 1. The van der Waals surface area contributed by atoms with E-state index >= 15 is 0 Å². The van der Waals surface area contributed by atoms with E-state index in [9.17, 15) is 4.79 Å². The molecule has 5 rings (SSSR count). The van der Waals surface area contributed by atoms with Crippen LogP contribution in [0, 0.1) is 0 Å². The molecular formula is C21H27N5O3. The van der Waals surface area contributed by atoms with Crippen molar-refractivity contribution in [3.05, 3.63) is 24.5 Å². The maximum atomic E-state index is 11.2. The summed E-state index contributed by atoms with van der Waals surface area (Å²) >= 11 is 0. The van der Waals surface area contributed by atoms with Gasteiger partial charge < -0.3 is 19.7 Å². The molecule has 2 aliphatic heterocycles. The fraction of sp³-hybridized carbons (Fsp3) is 0.571. The summed E-state index contributed by atoms with van der Waals surface area (Å²) in [4.78, 5) is 24.8. The van der Waals surface area contributed by atoms with Crippen molar-refractivity contribution in [1.29, 1.82) is 0 Å². The molecule has 0 bridgehead atoms. The first kappa shape index (κ1) is 18.6. The number of nitrogens with zero attached hydrogens (tertiary/aromatic N) is 4. The minimum Gasteiger partial charge on any atom is -0.474 e. The van der Waals surface area contributed by atoms with Crippen LogP contribution < -0.4 is 15.0 Å². The molecule has 0 radical (unpaired) electrons. The van der Waals surface area contributed by atoms with Crippen molar-refractivity contribution in [3.63, 3.8) is 0 Å². The summed E-state index contributed by atoms with van der Waals surface area (Å²) in [5.74, 6) is 0.684. The molecule has 3 heterocycles. The van der Waals surface area contributed by atoms with Gasteiger partial charge in [-0.1, -0.05) is 0 Å². The van der Waals surface area contributed by atoms with Gasteiger partial charge in [-0.3, -0.25) is 9.69 Å². The molecule has 1 aliphatic carbocycles. The molecule has 1 N–H and O–H groups in total. The maximum absolute atomic E-state index is 11.2. The second-order valence-electron chi connectivity index (χ2n) is 8.08. The summed E-state index contributed by atoms with van der Waals surface area (Å²) in [6, 6.07) is 6.36. The third-order valence-corrected chi connectivity index (χ3v) is 6.09. The first-order valence-electron chi connectivity index (χ1n) is 10.5. The number of ether oxygens (including phenoxy) is 2. The summed E-state index contributed by atoms with van der Waals surface area (Å²) in [6.07, 6.45) is 5.44. The van der Waals surface area contributed by atoms with E-state index in [0.717, 1.165) is 56.5 Å². The van der Waals surface area contributed by atoms with Gasteiger partial charge in [0.15, 0.2) is 0 Å². The second kappa shape index (κ2) is 8.12. The van der Waals surface area contributed by atoms with Gasteiger partial charge in [-0.25, -0.2) is 9.97 Å². The van der Waals surface area contributed by atoms with Gasteiger partial charge in [0.25, 0.3) is 0 Å². The monoisotopic (exact) mass is 397 g/mol. The molecule has 1 aromatic carbocycles. The first-order valence-corrected chi connectivity index (χ1v) is 10.5. The van der Waals surface area contributed by atoms with Crippen LogP contribution in [0.15, 0.2) is 24.5 Å². The molecule has 1 amide bonds. The van der Waals surface area contributed by atoms with E-state index < -0.39 is 0 Å². The number of fused-ring (bicyclic) bond motifs is 1. The number of aromatic nitrogens is 2. The van der Waals surface area contributed by atoms with Crippen molar-refractivity contribution in [2.24, 2.45) is 0 Å². The SMILES string of the molecule is O=C1COC(CN2CCN(c3ccc4ncnc(OC5CCC5)c4c3)CC2)CN1. The molecule has 2 aromatic rings. The van der Waals surface area contributed by atoms with Crippen LogP contribution in [0.25, 0.3) is 10.9 Å². The van der Waals surface area contributed by atoms with Crippen LogP contribution >= 0.6 is 0 Å². The number of amides is 1. The van der Waals surface area contributed by atoms with Crippen molar-refractivity contribution >= 4 is 22.5 Å². The molecular weight excluding hydrogens is 370 g/mol. The van der Waals surface area contributed by atoms with E-state index in [1.54, 1.807) is 6.33 Å². The zero-order valence-electron chi connectivity index (χ0n) is 16.5. The van der Waals surface area contributed by atoms with E-state index in [1.807, 2.05) is 0 Å². The Morgan fingerprint density at radius 1 is 1.17 bits per heavy atom. The van der Waals surface area contributed by atoms with E-state index in [-0.39, 0.29) is 18.6 Å². The van der Waals surface area contributed by atoms with Gasteiger partial charge in [-0.15, -0.1) is 0 Å². The number of piperazine rings is 1. The second-order valence-corrected chi connectivity index (χ2v) is 8.08. The summed E-state index contributed by atoms with van der Waals surface area (Å²) in [5, 5.41) is 3.87. The summed E-state index contributed by atoms with van der Waals surface area (Å²) < 4.78 is 11.7. The van der Waals surface area contributed by atoms with E-state index in [2.05, 4.69) is 43.3 Å². The normalized spacial score (nSPS) is 23.7. The van der Waals surface area contributed by atoms with Crippen LogP contribution in [0.4, 0.5) is 5.69 Å².